The van der Waals surface area contributed by atoms with Crippen molar-refractivity contribution < 1.29 is 9.13 Å². The number of nitrogens with two attached hydrogens (primary N) is 1. The highest BCUT2D eigenvalue weighted by molar-refractivity contribution is 5.69. The monoisotopic (exact) mass is 415 g/mol. The number of hydrogen-bond donors (Lipinski definition) is 1. The molecule has 4 heterocycles. The van der Waals surface area contributed by atoms with E-state index >= 15 is 0 Å². The molecule has 1 aromatic carbocycles. The van der Waals surface area contributed by atoms with Gasteiger partial charge in [0.05, 0.1) is 35.6 Å². The van der Waals surface area contributed by atoms with Gasteiger partial charge in [-0.05, 0) is 44.2 Å². The lowest BCUT2D eigenvalue weighted by molar-refractivity contribution is 0.226. The molecule has 0 saturated carbocycles. The number of nitriles is 1. The van der Waals surface area contributed by atoms with E-state index in [1.165, 1.54) is 12.1 Å². The van der Waals surface area contributed by atoms with E-state index < -0.39 is 6.10 Å². The summed E-state index contributed by atoms with van der Waals surface area (Å²) in [7, 11) is 0. The third-order valence-corrected chi connectivity index (χ3v) is 5.30. The summed E-state index contributed by atoms with van der Waals surface area (Å²) < 4.78 is 23.9. The van der Waals surface area contributed by atoms with Crippen molar-refractivity contribution in [2.24, 2.45) is 0 Å². The van der Waals surface area contributed by atoms with Crippen molar-refractivity contribution in [2.45, 2.75) is 26.5 Å². The number of fused-ring (bicyclic) bond motifs is 7. The van der Waals surface area contributed by atoms with E-state index in [-0.39, 0.29) is 17.3 Å². The fourth-order valence-corrected chi connectivity index (χ4v) is 3.91. The third kappa shape index (κ3) is 3.09. The van der Waals surface area contributed by atoms with Gasteiger partial charge in [-0.2, -0.15) is 10.4 Å². The first-order valence-corrected chi connectivity index (χ1v) is 9.67. The number of hydrogen-bond acceptors (Lipinski definition) is 6. The molecule has 2 bridgehead atoms. The van der Waals surface area contributed by atoms with Gasteiger partial charge in [0.25, 0.3) is 0 Å². The first-order chi connectivity index (χ1) is 14.9. The maximum absolute atomic E-state index is 14.2. The van der Waals surface area contributed by atoms with E-state index in [0.29, 0.717) is 34.8 Å². The van der Waals surface area contributed by atoms with E-state index in [1.54, 1.807) is 29.3 Å². The van der Waals surface area contributed by atoms with Crippen molar-refractivity contribution >= 4 is 5.82 Å². The normalized spacial score (nSPS) is 14.8. The van der Waals surface area contributed by atoms with Gasteiger partial charge in [0.1, 0.15) is 18.0 Å². The molecule has 0 amide bonds. The number of benzene rings is 1. The summed E-state index contributed by atoms with van der Waals surface area (Å²) in [4.78, 5) is 8.51. The van der Waals surface area contributed by atoms with Gasteiger partial charge in [-0.25, -0.2) is 19.0 Å². The number of nitrogens with zero attached hydrogens (tertiary/aromatic N) is 6. The number of rotatable bonds is 0. The zero-order chi connectivity index (χ0) is 21.7. The molecule has 0 fully saturated rings. The van der Waals surface area contributed by atoms with Crippen molar-refractivity contribution in [3.63, 3.8) is 0 Å². The van der Waals surface area contributed by atoms with Gasteiger partial charge in [-0.1, -0.05) is 0 Å². The lowest BCUT2D eigenvalue weighted by Gasteiger charge is -2.22. The van der Waals surface area contributed by atoms with Gasteiger partial charge in [-0.15, -0.1) is 0 Å². The van der Waals surface area contributed by atoms with E-state index in [1.807, 2.05) is 24.5 Å². The van der Waals surface area contributed by atoms with Gasteiger partial charge in [0.15, 0.2) is 17.3 Å². The second-order valence-electron chi connectivity index (χ2n) is 7.44. The number of ether oxygens (including phenoxy) is 1. The Bertz CT molecular complexity index is 1360. The topological polar surface area (TPSA) is 108 Å². The van der Waals surface area contributed by atoms with E-state index in [2.05, 4.69) is 21.1 Å². The molecule has 31 heavy (non-hydrogen) atoms. The number of aromatic nitrogens is 5. The van der Waals surface area contributed by atoms with Crippen LogP contribution in [0.15, 0.2) is 42.9 Å². The lowest BCUT2D eigenvalue weighted by Crippen LogP contribution is -2.15. The van der Waals surface area contributed by atoms with Crippen molar-refractivity contribution in [3.05, 3.63) is 71.3 Å². The van der Waals surface area contributed by atoms with Gasteiger partial charge >= 0.3 is 0 Å². The van der Waals surface area contributed by atoms with Crippen LogP contribution in [-0.2, 0) is 6.54 Å². The highest BCUT2D eigenvalue weighted by atomic mass is 19.1. The van der Waals surface area contributed by atoms with Crippen molar-refractivity contribution in [3.8, 4) is 28.8 Å². The summed E-state index contributed by atoms with van der Waals surface area (Å²) in [5.74, 6) is 0.169. The Kier molecular flexibility index (Phi) is 4.22. The van der Waals surface area contributed by atoms with E-state index in [0.717, 1.165) is 11.4 Å². The summed E-state index contributed by atoms with van der Waals surface area (Å²) in [6, 6.07) is 10.3. The quantitative estimate of drug-likeness (QED) is 0.471. The summed E-state index contributed by atoms with van der Waals surface area (Å²) in [6.45, 7) is 4.11. The molecule has 1 aliphatic heterocycles. The minimum absolute atomic E-state index is 0.200. The second kappa shape index (κ2) is 6.95. The Morgan fingerprint density at radius 1 is 1.26 bits per heavy atom. The molecular formula is C22H18FN7O. The highest BCUT2D eigenvalue weighted by Crippen LogP contribution is 2.35. The van der Waals surface area contributed by atoms with Crippen LogP contribution in [0.2, 0.25) is 0 Å². The molecule has 0 spiro atoms. The lowest BCUT2D eigenvalue weighted by atomic mass is 10.1. The summed E-state index contributed by atoms with van der Waals surface area (Å²) in [5, 5.41) is 14.2. The largest absolute Gasteiger partial charge is 0.482 e. The maximum Gasteiger partial charge on any atom is 0.166 e. The molecule has 4 aromatic rings. The molecular weight excluding hydrogens is 397 g/mol. The van der Waals surface area contributed by atoms with Crippen LogP contribution >= 0.6 is 0 Å². The van der Waals surface area contributed by atoms with Gasteiger partial charge in [0, 0.05) is 17.3 Å². The number of halogens is 1. The molecule has 0 saturated heterocycles. The first kappa shape index (κ1) is 18.8. The number of imidazole rings is 1. The van der Waals surface area contributed by atoms with Crippen LogP contribution in [0.3, 0.4) is 0 Å². The fraction of sp³-hybridized carbons (Fsp3) is 0.182. The van der Waals surface area contributed by atoms with Gasteiger partial charge in [0.2, 0.25) is 0 Å². The predicted octanol–water partition coefficient (Wildman–Crippen LogP) is 3.53. The Hall–Kier alpha value is -4.19. The second-order valence-corrected chi connectivity index (χ2v) is 7.44. The molecule has 1 atom stereocenters. The van der Waals surface area contributed by atoms with Crippen LogP contribution < -0.4 is 10.5 Å². The van der Waals surface area contributed by atoms with E-state index in [9.17, 15) is 9.65 Å². The molecule has 5 rings (SSSR count). The molecule has 1 aliphatic rings. The Balaban J connectivity index is 1.82. The van der Waals surface area contributed by atoms with Crippen molar-refractivity contribution in [2.75, 3.05) is 5.73 Å². The maximum atomic E-state index is 14.2. The highest BCUT2D eigenvalue weighted by Gasteiger charge is 2.23. The summed E-state index contributed by atoms with van der Waals surface area (Å²) >= 11 is 0. The standard InChI is InChI=1S/C22H18FN7O/c1-12-5-16-10-29-11-27-18(8-24)21(29)14-6-20(22(25)26-9-14)31-13(2)17-7-15(23)3-4-19(17)30(16)28-12/h3-7,9,11,13H,10H2,1-2H3,(H2,25,26)/t13-/m1/s1. The summed E-state index contributed by atoms with van der Waals surface area (Å²) in [6.07, 6.45) is 2.66. The molecule has 9 heteroatoms. The molecule has 154 valence electrons. The van der Waals surface area contributed by atoms with Crippen LogP contribution in [-0.4, -0.2) is 24.3 Å². The van der Waals surface area contributed by atoms with E-state index in [4.69, 9.17) is 10.5 Å². The van der Waals surface area contributed by atoms with Gasteiger partial charge in [-0.3, -0.25) is 0 Å². The van der Waals surface area contributed by atoms with Gasteiger partial charge < -0.3 is 15.0 Å². The Morgan fingerprint density at radius 2 is 2.10 bits per heavy atom. The zero-order valence-electron chi connectivity index (χ0n) is 16.9. The smallest absolute Gasteiger partial charge is 0.166 e. The minimum Gasteiger partial charge on any atom is -0.482 e. The average molecular weight is 415 g/mol. The molecule has 2 N–H and O–H groups in total. The molecule has 0 aliphatic carbocycles. The van der Waals surface area contributed by atoms with Crippen LogP contribution in [0.4, 0.5) is 10.2 Å². The Labute approximate surface area is 177 Å². The fourth-order valence-electron chi connectivity index (χ4n) is 3.91. The third-order valence-electron chi connectivity index (χ3n) is 5.30. The van der Waals surface area contributed by atoms with Crippen molar-refractivity contribution in [1.29, 1.82) is 5.26 Å². The SMILES string of the molecule is Cc1cc2n(n1)-c1ccc(F)cc1[C@@H](C)Oc1cc(cnc1N)-c1c(C#N)ncn1C2. The zero-order valence-corrected chi connectivity index (χ0v) is 16.9. The molecule has 3 aromatic heterocycles. The average Bonchev–Trinajstić information content (AvgIpc) is 3.32. The van der Waals surface area contributed by atoms with Crippen LogP contribution in [0.25, 0.3) is 16.9 Å². The Morgan fingerprint density at radius 3 is 2.90 bits per heavy atom. The number of anilines is 1. The van der Waals surface area contributed by atoms with Crippen molar-refractivity contribution in [1.82, 2.24) is 24.3 Å². The first-order valence-electron chi connectivity index (χ1n) is 9.67. The van der Waals surface area contributed by atoms with Crippen LogP contribution in [0.5, 0.6) is 5.75 Å². The number of aryl methyl sites for hydroxylation is 1. The minimum atomic E-state index is -0.540. The summed E-state index contributed by atoms with van der Waals surface area (Å²) in [5.41, 5.74) is 10.6. The number of nitrogen functional groups attached to an aromatic ring is 1. The predicted molar refractivity (Wildman–Crippen MR) is 111 cm³/mol. The molecule has 0 unspecified atom stereocenters. The van der Waals surface area contributed by atoms with Crippen LogP contribution in [0.1, 0.15) is 35.7 Å². The van der Waals surface area contributed by atoms with Crippen LogP contribution in [0, 0.1) is 24.1 Å². The molecule has 8 nitrogen and oxygen atoms in total. The molecule has 0 radical (unpaired) electrons. The number of pyridine rings is 1.